The average molecular weight is 462 g/mol. The maximum absolute atomic E-state index is 13.3. The summed E-state index contributed by atoms with van der Waals surface area (Å²) in [6.07, 6.45) is 0.322. The second-order valence-corrected chi connectivity index (χ2v) is 8.32. The number of benzene rings is 2. The van der Waals surface area contributed by atoms with E-state index in [0.717, 1.165) is 5.56 Å². The predicted molar refractivity (Wildman–Crippen MR) is 119 cm³/mol. The fourth-order valence-corrected chi connectivity index (χ4v) is 4.75. The lowest BCUT2D eigenvalue weighted by Crippen LogP contribution is -2.31. The van der Waals surface area contributed by atoms with Crippen LogP contribution in [0.4, 0.5) is 5.69 Å². The Bertz CT molecular complexity index is 1060. The van der Waals surface area contributed by atoms with Crippen molar-refractivity contribution in [2.75, 3.05) is 19.1 Å². The van der Waals surface area contributed by atoms with Gasteiger partial charge in [0.1, 0.15) is 22.4 Å². The molecule has 2 aromatic carbocycles. The predicted octanol–water partition coefficient (Wildman–Crippen LogP) is 4.17. The van der Waals surface area contributed by atoms with Crippen molar-refractivity contribution in [2.24, 2.45) is 0 Å². The molecule has 2 aromatic rings. The van der Waals surface area contributed by atoms with Crippen molar-refractivity contribution in [3.8, 4) is 11.8 Å². The first-order valence-electron chi connectivity index (χ1n) is 8.84. The molecule has 1 atom stereocenters. The molecule has 0 saturated carbocycles. The first kappa shape index (κ1) is 22.0. The first-order chi connectivity index (χ1) is 14.4. The van der Waals surface area contributed by atoms with Crippen LogP contribution in [-0.4, -0.2) is 31.2 Å². The summed E-state index contributed by atoms with van der Waals surface area (Å²) >= 11 is 13.4. The minimum absolute atomic E-state index is 0.128. The Morgan fingerprint density at radius 2 is 1.97 bits per heavy atom. The van der Waals surface area contributed by atoms with Gasteiger partial charge in [-0.2, -0.15) is 5.26 Å². The lowest BCUT2D eigenvalue weighted by atomic mass is 10.1. The zero-order valence-corrected chi connectivity index (χ0v) is 18.4. The summed E-state index contributed by atoms with van der Waals surface area (Å²) in [6.45, 7) is 0. The molecule has 0 bridgehead atoms. The molecule has 154 valence electrons. The molecule has 1 aliphatic heterocycles. The number of hydrogen-bond acceptors (Lipinski definition) is 5. The minimum Gasteiger partial charge on any atom is -0.497 e. The van der Waals surface area contributed by atoms with E-state index in [2.05, 4.69) is 5.32 Å². The summed E-state index contributed by atoms with van der Waals surface area (Å²) in [7, 11) is 2.98. The maximum atomic E-state index is 13.3. The number of ether oxygens (including phenoxy) is 1. The van der Waals surface area contributed by atoms with E-state index < -0.39 is 11.2 Å². The van der Waals surface area contributed by atoms with Gasteiger partial charge in [0.15, 0.2) is 0 Å². The van der Waals surface area contributed by atoms with Crippen LogP contribution in [0.15, 0.2) is 53.1 Å². The SMILES string of the molecule is CNC(=O)/C(C#N)=C1\SC(Cc2ccc(Cl)cc2Cl)C(=O)N1c1ccc(OC)cc1. The van der Waals surface area contributed by atoms with Crippen molar-refractivity contribution in [3.05, 3.63) is 68.7 Å². The molecule has 3 rings (SSSR count). The van der Waals surface area contributed by atoms with E-state index in [1.165, 1.54) is 23.7 Å². The first-order valence-corrected chi connectivity index (χ1v) is 10.5. The second-order valence-electron chi connectivity index (χ2n) is 6.29. The molecule has 1 saturated heterocycles. The quantitative estimate of drug-likeness (QED) is 0.533. The van der Waals surface area contributed by atoms with E-state index in [1.807, 2.05) is 6.07 Å². The van der Waals surface area contributed by atoms with Gasteiger partial charge in [-0.1, -0.05) is 41.0 Å². The summed E-state index contributed by atoms with van der Waals surface area (Å²) < 4.78 is 5.17. The van der Waals surface area contributed by atoms with Crippen molar-refractivity contribution in [2.45, 2.75) is 11.7 Å². The number of hydrogen-bond donors (Lipinski definition) is 1. The van der Waals surface area contributed by atoms with Crippen molar-refractivity contribution < 1.29 is 14.3 Å². The Hall–Kier alpha value is -2.66. The lowest BCUT2D eigenvalue weighted by Gasteiger charge is -2.19. The Morgan fingerprint density at radius 3 is 2.53 bits per heavy atom. The molecule has 1 heterocycles. The number of carbonyl (C=O) groups excluding carboxylic acids is 2. The molecule has 1 fully saturated rings. The number of rotatable bonds is 5. The van der Waals surface area contributed by atoms with Gasteiger partial charge >= 0.3 is 0 Å². The molecule has 0 aliphatic carbocycles. The number of likely N-dealkylation sites (N-methyl/N-ethyl adjacent to an activating group) is 1. The Kier molecular flexibility index (Phi) is 6.93. The highest BCUT2D eigenvalue weighted by Crippen LogP contribution is 2.42. The summed E-state index contributed by atoms with van der Waals surface area (Å²) in [5.74, 6) is -0.181. The van der Waals surface area contributed by atoms with E-state index in [4.69, 9.17) is 27.9 Å². The van der Waals surface area contributed by atoms with Crippen LogP contribution in [0.2, 0.25) is 10.0 Å². The van der Waals surface area contributed by atoms with E-state index in [0.29, 0.717) is 27.9 Å². The van der Waals surface area contributed by atoms with Crippen LogP contribution in [0.1, 0.15) is 5.56 Å². The molecule has 1 unspecified atom stereocenters. The number of halogens is 2. The zero-order chi connectivity index (χ0) is 21.8. The summed E-state index contributed by atoms with van der Waals surface area (Å²) in [4.78, 5) is 27.0. The monoisotopic (exact) mass is 461 g/mol. The lowest BCUT2D eigenvalue weighted by molar-refractivity contribution is -0.117. The highest BCUT2D eigenvalue weighted by Gasteiger charge is 2.41. The van der Waals surface area contributed by atoms with Crippen LogP contribution in [-0.2, 0) is 16.0 Å². The Labute approximate surface area is 188 Å². The molecular formula is C21H17Cl2N3O3S. The van der Waals surface area contributed by atoms with Gasteiger partial charge in [0.2, 0.25) is 5.91 Å². The number of anilines is 1. The standard InChI is InChI=1S/C21H17Cl2N3O3S/c1-25-19(27)16(11-24)21-26(14-5-7-15(29-2)8-6-14)20(28)18(30-21)9-12-3-4-13(22)10-17(12)23/h3-8,10,18H,9H2,1-2H3,(H,25,27)/b21-16-. The average Bonchev–Trinajstić information content (AvgIpc) is 3.06. The molecule has 0 spiro atoms. The third kappa shape index (κ3) is 4.41. The number of amides is 2. The molecule has 9 heteroatoms. The van der Waals surface area contributed by atoms with E-state index in [1.54, 1.807) is 49.6 Å². The molecule has 2 amide bonds. The Balaban J connectivity index is 2.04. The van der Waals surface area contributed by atoms with Crippen LogP contribution in [0.3, 0.4) is 0 Å². The third-order valence-electron chi connectivity index (χ3n) is 4.48. The van der Waals surface area contributed by atoms with Gasteiger partial charge < -0.3 is 10.1 Å². The molecular weight excluding hydrogens is 445 g/mol. The second kappa shape index (κ2) is 9.43. The van der Waals surface area contributed by atoms with Crippen LogP contribution in [0.25, 0.3) is 0 Å². The van der Waals surface area contributed by atoms with E-state index in [-0.39, 0.29) is 16.5 Å². The number of methoxy groups -OCH3 is 1. The fourth-order valence-electron chi connectivity index (χ4n) is 2.97. The molecule has 1 N–H and O–H groups in total. The normalized spacial score (nSPS) is 17.5. The summed E-state index contributed by atoms with van der Waals surface area (Å²) in [5.41, 5.74) is 1.15. The smallest absolute Gasteiger partial charge is 0.264 e. The number of nitriles is 1. The largest absolute Gasteiger partial charge is 0.497 e. The van der Waals surface area contributed by atoms with Crippen LogP contribution >= 0.6 is 35.0 Å². The van der Waals surface area contributed by atoms with Crippen LogP contribution in [0, 0.1) is 11.3 Å². The van der Waals surface area contributed by atoms with Gasteiger partial charge in [0.25, 0.3) is 5.91 Å². The highest BCUT2D eigenvalue weighted by molar-refractivity contribution is 8.05. The van der Waals surface area contributed by atoms with Gasteiger partial charge in [0.05, 0.1) is 12.4 Å². The third-order valence-corrected chi connectivity index (χ3v) is 6.33. The molecule has 1 aliphatic rings. The molecule has 6 nitrogen and oxygen atoms in total. The van der Waals surface area contributed by atoms with Crippen LogP contribution in [0.5, 0.6) is 5.75 Å². The van der Waals surface area contributed by atoms with Crippen molar-refractivity contribution in [3.63, 3.8) is 0 Å². The van der Waals surface area contributed by atoms with Crippen molar-refractivity contribution in [1.29, 1.82) is 5.26 Å². The highest BCUT2D eigenvalue weighted by atomic mass is 35.5. The fraction of sp³-hybridized carbons (Fsp3) is 0.190. The molecule has 0 aromatic heterocycles. The van der Waals surface area contributed by atoms with E-state index >= 15 is 0 Å². The summed E-state index contributed by atoms with van der Waals surface area (Å²) in [5, 5.41) is 12.7. The maximum Gasteiger partial charge on any atom is 0.264 e. The van der Waals surface area contributed by atoms with E-state index in [9.17, 15) is 14.9 Å². The van der Waals surface area contributed by atoms with Crippen molar-refractivity contribution >= 4 is 52.5 Å². The van der Waals surface area contributed by atoms with Gasteiger partial charge in [-0.05, 0) is 48.4 Å². The van der Waals surface area contributed by atoms with Gasteiger partial charge in [-0.25, -0.2) is 0 Å². The number of nitrogens with zero attached hydrogens (tertiary/aromatic N) is 2. The number of carbonyl (C=O) groups is 2. The summed E-state index contributed by atoms with van der Waals surface area (Å²) in [6, 6.07) is 13.8. The van der Waals surface area contributed by atoms with Gasteiger partial charge in [-0.3, -0.25) is 14.5 Å². The number of thioether (sulfide) groups is 1. The topological polar surface area (TPSA) is 82.4 Å². The molecule has 30 heavy (non-hydrogen) atoms. The van der Waals surface area contributed by atoms with Gasteiger partial charge in [0, 0.05) is 22.8 Å². The Morgan fingerprint density at radius 1 is 1.27 bits per heavy atom. The number of nitrogens with one attached hydrogen (secondary N) is 1. The van der Waals surface area contributed by atoms with Gasteiger partial charge in [-0.15, -0.1) is 0 Å². The molecule has 0 radical (unpaired) electrons. The van der Waals surface area contributed by atoms with Crippen molar-refractivity contribution in [1.82, 2.24) is 5.32 Å². The minimum atomic E-state index is -0.561. The zero-order valence-electron chi connectivity index (χ0n) is 16.1. The van der Waals surface area contributed by atoms with Crippen LogP contribution < -0.4 is 15.0 Å².